The predicted molar refractivity (Wildman–Crippen MR) is 86.4 cm³/mol. The molecule has 1 aromatic rings. The number of alkyl carbamates (subject to hydrolysis) is 1. The first kappa shape index (κ1) is 18.5. The summed E-state index contributed by atoms with van der Waals surface area (Å²) in [6.45, 7) is 7.64. The smallest absolute Gasteiger partial charge is 0.407 e. The third-order valence-corrected chi connectivity index (χ3v) is 2.95. The highest BCUT2D eigenvalue weighted by Crippen LogP contribution is 2.07. The van der Waals surface area contributed by atoms with Crippen LogP contribution in [-0.4, -0.2) is 24.1 Å². The molecule has 1 rings (SSSR count). The van der Waals surface area contributed by atoms with E-state index >= 15 is 0 Å². The number of hydrogen-bond donors (Lipinski definition) is 2. The van der Waals surface area contributed by atoms with Gasteiger partial charge in [-0.2, -0.15) is 5.26 Å². The van der Waals surface area contributed by atoms with Crippen LogP contribution in [0.15, 0.2) is 24.3 Å². The van der Waals surface area contributed by atoms with E-state index in [9.17, 15) is 9.59 Å². The molecular formula is C17H23N3O3. The zero-order valence-corrected chi connectivity index (χ0v) is 14.0. The van der Waals surface area contributed by atoms with E-state index in [0.717, 1.165) is 5.56 Å². The second-order valence-corrected chi connectivity index (χ2v) is 6.31. The van der Waals surface area contributed by atoms with Crippen LogP contribution in [0.3, 0.4) is 0 Å². The molecule has 6 heteroatoms. The topological polar surface area (TPSA) is 91.2 Å². The molecule has 0 aromatic heterocycles. The quantitative estimate of drug-likeness (QED) is 0.872. The van der Waals surface area contributed by atoms with Gasteiger partial charge in [0.2, 0.25) is 5.91 Å². The molecule has 1 atom stereocenters. The minimum absolute atomic E-state index is 0.162. The molecule has 0 bridgehead atoms. The second kappa shape index (κ2) is 8.18. The summed E-state index contributed by atoms with van der Waals surface area (Å²) in [5, 5.41) is 14.1. The Morgan fingerprint density at radius 3 is 2.35 bits per heavy atom. The van der Waals surface area contributed by atoms with Gasteiger partial charge < -0.3 is 15.4 Å². The molecule has 0 aliphatic heterocycles. The lowest BCUT2D eigenvalue weighted by Crippen LogP contribution is -2.39. The molecule has 1 aromatic carbocycles. The van der Waals surface area contributed by atoms with Gasteiger partial charge in [0.15, 0.2) is 0 Å². The average molecular weight is 317 g/mol. The summed E-state index contributed by atoms with van der Waals surface area (Å²) >= 11 is 0. The molecule has 0 unspecified atom stereocenters. The number of benzene rings is 1. The van der Waals surface area contributed by atoms with Gasteiger partial charge in [-0.3, -0.25) is 4.79 Å². The molecule has 124 valence electrons. The Hall–Kier alpha value is -2.55. The van der Waals surface area contributed by atoms with Crippen LogP contribution in [0, 0.1) is 17.2 Å². The van der Waals surface area contributed by atoms with E-state index in [2.05, 4.69) is 10.6 Å². The Morgan fingerprint density at radius 2 is 1.83 bits per heavy atom. The van der Waals surface area contributed by atoms with Crippen molar-refractivity contribution < 1.29 is 14.3 Å². The van der Waals surface area contributed by atoms with Crippen LogP contribution in [0.2, 0.25) is 0 Å². The fraction of sp³-hybridized carbons (Fsp3) is 0.471. The Kier molecular flexibility index (Phi) is 6.58. The van der Waals surface area contributed by atoms with Crippen molar-refractivity contribution in [3.8, 4) is 6.07 Å². The highest BCUT2D eigenvalue weighted by Gasteiger charge is 2.18. The van der Waals surface area contributed by atoms with E-state index in [1.54, 1.807) is 52.0 Å². The summed E-state index contributed by atoms with van der Waals surface area (Å²) in [7, 11) is 0. The van der Waals surface area contributed by atoms with Crippen LogP contribution >= 0.6 is 0 Å². The summed E-state index contributed by atoms with van der Waals surface area (Å²) in [5.74, 6) is -0.536. The van der Waals surface area contributed by atoms with Crippen molar-refractivity contribution in [2.24, 2.45) is 5.92 Å². The van der Waals surface area contributed by atoms with Crippen LogP contribution in [0.4, 0.5) is 4.79 Å². The van der Waals surface area contributed by atoms with Crippen LogP contribution in [-0.2, 0) is 16.1 Å². The molecule has 0 heterocycles. The van der Waals surface area contributed by atoms with Gasteiger partial charge in [0.1, 0.15) is 5.60 Å². The average Bonchev–Trinajstić information content (AvgIpc) is 2.49. The van der Waals surface area contributed by atoms with Crippen molar-refractivity contribution in [1.82, 2.24) is 10.6 Å². The first-order chi connectivity index (χ1) is 10.7. The van der Waals surface area contributed by atoms with Crippen LogP contribution in [0.5, 0.6) is 0 Å². The van der Waals surface area contributed by atoms with Crippen LogP contribution < -0.4 is 10.6 Å². The third-order valence-electron chi connectivity index (χ3n) is 2.95. The predicted octanol–water partition coefficient (Wildman–Crippen LogP) is 2.34. The molecule has 0 aliphatic carbocycles. The lowest BCUT2D eigenvalue weighted by molar-refractivity contribution is -0.124. The lowest BCUT2D eigenvalue weighted by Gasteiger charge is -2.20. The fourth-order valence-corrected chi connectivity index (χ4v) is 1.70. The van der Waals surface area contributed by atoms with E-state index in [1.165, 1.54) is 0 Å². The summed E-state index contributed by atoms with van der Waals surface area (Å²) in [6, 6.07) is 9.04. The van der Waals surface area contributed by atoms with Crippen molar-refractivity contribution in [2.45, 2.75) is 39.8 Å². The van der Waals surface area contributed by atoms with Gasteiger partial charge in [-0.05, 0) is 38.5 Å². The Balaban J connectivity index is 2.36. The molecular weight excluding hydrogens is 294 g/mol. The number of rotatable bonds is 5. The lowest BCUT2D eigenvalue weighted by atomic mass is 10.1. The molecule has 0 saturated heterocycles. The number of ether oxygens (including phenoxy) is 1. The highest BCUT2D eigenvalue weighted by atomic mass is 16.6. The van der Waals surface area contributed by atoms with Crippen molar-refractivity contribution in [1.29, 1.82) is 5.26 Å². The number of nitrogens with zero attached hydrogens (tertiary/aromatic N) is 1. The van der Waals surface area contributed by atoms with E-state index < -0.39 is 11.7 Å². The van der Waals surface area contributed by atoms with Crippen LogP contribution in [0.1, 0.15) is 38.8 Å². The third kappa shape index (κ3) is 7.32. The van der Waals surface area contributed by atoms with Gasteiger partial charge in [-0.1, -0.05) is 19.1 Å². The Morgan fingerprint density at radius 1 is 1.22 bits per heavy atom. The number of nitriles is 1. The molecule has 0 fully saturated rings. The molecule has 0 spiro atoms. The second-order valence-electron chi connectivity index (χ2n) is 6.31. The number of hydrogen-bond acceptors (Lipinski definition) is 4. The molecule has 0 saturated carbocycles. The number of nitrogens with one attached hydrogen (secondary N) is 2. The molecule has 6 nitrogen and oxygen atoms in total. The number of amides is 2. The maximum absolute atomic E-state index is 12.0. The van der Waals surface area contributed by atoms with Gasteiger partial charge in [-0.25, -0.2) is 4.79 Å². The van der Waals surface area contributed by atoms with Gasteiger partial charge in [0.05, 0.1) is 17.6 Å². The molecule has 2 amide bonds. The van der Waals surface area contributed by atoms with Crippen molar-refractivity contribution >= 4 is 12.0 Å². The van der Waals surface area contributed by atoms with Crippen molar-refractivity contribution in [2.75, 3.05) is 6.54 Å². The first-order valence-corrected chi connectivity index (χ1v) is 7.45. The summed E-state index contributed by atoms with van der Waals surface area (Å²) < 4.78 is 5.11. The zero-order valence-electron chi connectivity index (χ0n) is 14.0. The Bertz CT molecular complexity index is 583. The summed E-state index contributed by atoms with van der Waals surface area (Å²) in [4.78, 5) is 23.5. The normalized spacial score (nSPS) is 12.0. The maximum atomic E-state index is 12.0. The van der Waals surface area contributed by atoms with E-state index in [0.29, 0.717) is 12.1 Å². The fourth-order valence-electron chi connectivity index (χ4n) is 1.70. The van der Waals surface area contributed by atoms with Crippen molar-refractivity contribution in [3.63, 3.8) is 0 Å². The van der Waals surface area contributed by atoms with Gasteiger partial charge in [-0.15, -0.1) is 0 Å². The van der Waals surface area contributed by atoms with E-state index in [1.807, 2.05) is 6.07 Å². The van der Waals surface area contributed by atoms with Gasteiger partial charge in [0, 0.05) is 13.1 Å². The minimum Gasteiger partial charge on any atom is -0.444 e. The molecule has 0 aliphatic rings. The monoisotopic (exact) mass is 317 g/mol. The number of carbonyl (C=O) groups is 2. The minimum atomic E-state index is -0.564. The summed E-state index contributed by atoms with van der Waals surface area (Å²) in [6.07, 6.45) is -0.538. The zero-order chi connectivity index (χ0) is 17.5. The highest BCUT2D eigenvalue weighted by molar-refractivity contribution is 5.79. The molecule has 23 heavy (non-hydrogen) atoms. The van der Waals surface area contributed by atoms with Gasteiger partial charge >= 0.3 is 6.09 Å². The first-order valence-electron chi connectivity index (χ1n) is 7.45. The molecule has 2 N–H and O–H groups in total. The standard InChI is InChI=1S/C17H23N3O3/c1-12(10-20-16(22)23-17(2,3)4)15(21)19-11-14-7-5-13(9-18)6-8-14/h5-8,12H,10-11H2,1-4H3,(H,19,21)(H,20,22)/t12-/m0/s1. The Labute approximate surface area is 136 Å². The van der Waals surface area contributed by atoms with Crippen LogP contribution in [0.25, 0.3) is 0 Å². The number of carbonyl (C=O) groups excluding carboxylic acids is 2. The van der Waals surface area contributed by atoms with Gasteiger partial charge in [0.25, 0.3) is 0 Å². The summed E-state index contributed by atoms with van der Waals surface area (Å²) in [5.41, 5.74) is 0.921. The van der Waals surface area contributed by atoms with E-state index in [4.69, 9.17) is 10.00 Å². The maximum Gasteiger partial charge on any atom is 0.407 e. The SMILES string of the molecule is C[C@@H](CNC(=O)OC(C)(C)C)C(=O)NCc1ccc(C#N)cc1. The van der Waals surface area contributed by atoms with Crippen molar-refractivity contribution in [3.05, 3.63) is 35.4 Å². The largest absolute Gasteiger partial charge is 0.444 e. The molecule has 0 radical (unpaired) electrons. The van der Waals surface area contributed by atoms with E-state index in [-0.39, 0.29) is 18.4 Å².